The molecule has 1 aromatic rings. The van der Waals surface area contributed by atoms with Gasteiger partial charge in [-0.05, 0) is 43.4 Å². The Labute approximate surface area is 134 Å². The molecule has 1 saturated heterocycles. The van der Waals surface area contributed by atoms with Crippen LogP contribution in [0, 0.1) is 16.0 Å². The van der Waals surface area contributed by atoms with Gasteiger partial charge >= 0.3 is 0 Å². The summed E-state index contributed by atoms with van der Waals surface area (Å²) in [4.78, 5) is 10.2. The molecule has 2 rings (SSSR count). The van der Waals surface area contributed by atoms with E-state index >= 15 is 0 Å². The van der Waals surface area contributed by atoms with E-state index in [2.05, 4.69) is 10.0 Å². The van der Waals surface area contributed by atoms with Crippen LogP contribution in [0.25, 0.3) is 0 Å². The van der Waals surface area contributed by atoms with Gasteiger partial charge in [0.25, 0.3) is 5.69 Å². The Morgan fingerprint density at radius 2 is 2.05 bits per heavy atom. The molecule has 0 atom stereocenters. The zero-order valence-corrected chi connectivity index (χ0v) is 13.9. The second kappa shape index (κ2) is 7.30. The summed E-state index contributed by atoms with van der Waals surface area (Å²) in [5, 5.41) is 14.2. The van der Waals surface area contributed by atoms with E-state index in [0.717, 1.165) is 24.3 Å². The summed E-state index contributed by atoms with van der Waals surface area (Å²) < 4.78 is 26.4. The van der Waals surface area contributed by atoms with Gasteiger partial charge in [0.15, 0.2) is 4.90 Å². The van der Waals surface area contributed by atoms with Crippen LogP contribution in [0.4, 0.5) is 11.4 Å². The van der Waals surface area contributed by atoms with Crippen LogP contribution in [0.5, 0.6) is 0 Å². The number of nitro benzene ring substituents is 1. The van der Waals surface area contributed by atoms with Crippen molar-refractivity contribution < 1.29 is 13.3 Å². The lowest BCUT2D eigenvalue weighted by Crippen LogP contribution is -2.24. The Kier molecular flexibility index (Phi) is 5.65. The molecule has 2 N–H and O–H groups in total. The number of nitro groups is 1. The van der Waals surface area contributed by atoms with E-state index < -0.39 is 20.6 Å². The summed E-state index contributed by atoms with van der Waals surface area (Å²) in [6, 6.07) is 4.26. The van der Waals surface area contributed by atoms with Crippen molar-refractivity contribution in [1.29, 1.82) is 0 Å². The number of hydrogen-bond acceptors (Lipinski definition) is 6. The molecular formula is C13H19N3O4S2. The average molecular weight is 345 g/mol. The molecule has 0 saturated carbocycles. The Bertz CT molecular complexity index is 643. The van der Waals surface area contributed by atoms with Crippen molar-refractivity contribution >= 4 is 33.2 Å². The van der Waals surface area contributed by atoms with Crippen LogP contribution in [0.1, 0.15) is 12.8 Å². The number of nitrogens with zero attached hydrogens (tertiary/aromatic N) is 1. The van der Waals surface area contributed by atoms with E-state index in [0.29, 0.717) is 12.5 Å². The van der Waals surface area contributed by atoms with Gasteiger partial charge in [-0.15, -0.1) is 0 Å². The van der Waals surface area contributed by atoms with Crippen LogP contribution >= 0.6 is 11.8 Å². The third-order valence-electron chi connectivity index (χ3n) is 3.65. The second-order valence-corrected chi connectivity index (χ2v) is 8.10. The minimum Gasteiger partial charge on any atom is -0.383 e. The maximum absolute atomic E-state index is 12.1. The average Bonchev–Trinajstić information content (AvgIpc) is 2.53. The monoisotopic (exact) mass is 345 g/mol. The van der Waals surface area contributed by atoms with Crippen LogP contribution in [-0.4, -0.2) is 38.4 Å². The Morgan fingerprint density at radius 3 is 2.64 bits per heavy atom. The minimum atomic E-state index is -3.92. The van der Waals surface area contributed by atoms with Gasteiger partial charge in [0, 0.05) is 12.6 Å². The van der Waals surface area contributed by atoms with Crippen molar-refractivity contribution in [2.24, 2.45) is 5.92 Å². The molecule has 0 amide bonds. The Balaban J connectivity index is 2.30. The van der Waals surface area contributed by atoms with Gasteiger partial charge in [0.1, 0.15) is 0 Å². The summed E-state index contributed by atoms with van der Waals surface area (Å²) in [6.07, 6.45) is 2.14. The lowest BCUT2D eigenvalue weighted by Gasteiger charge is -2.22. The predicted octanol–water partition coefficient (Wildman–Crippen LogP) is 2.06. The van der Waals surface area contributed by atoms with Crippen molar-refractivity contribution in [3.05, 3.63) is 28.3 Å². The standard InChI is InChI=1S/C13H19N3O4S2/c1-14-22(19,20)13-11(3-2-4-12(13)16(17)18)15-9-10-5-7-21-8-6-10/h2-4,10,14-15H,5-9H2,1H3. The SMILES string of the molecule is CNS(=O)(=O)c1c(NCC2CCSCC2)cccc1[N+](=O)[O-]. The number of rotatable bonds is 6. The molecule has 1 aromatic carbocycles. The molecule has 1 heterocycles. The van der Waals surface area contributed by atoms with Gasteiger partial charge in [-0.1, -0.05) is 6.07 Å². The number of benzene rings is 1. The molecule has 7 nitrogen and oxygen atoms in total. The fourth-order valence-electron chi connectivity index (χ4n) is 2.40. The Morgan fingerprint density at radius 1 is 1.36 bits per heavy atom. The van der Waals surface area contributed by atoms with E-state index in [1.54, 1.807) is 6.07 Å². The molecule has 0 bridgehead atoms. The van der Waals surface area contributed by atoms with Gasteiger partial charge in [-0.3, -0.25) is 10.1 Å². The number of anilines is 1. The third-order valence-corrected chi connectivity index (χ3v) is 6.20. The van der Waals surface area contributed by atoms with E-state index in [9.17, 15) is 18.5 Å². The molecule has 9 heteroatoms. The molecule has 0 radical (unpaired) electrons. The molecule has 0 spiro atoms. The first-order chi connectivity index (χ1) is 10.5. The second-order valence-electron chi connectivity index (χ2n) is 5.06. The van der Waals surface area contributed by atoms with E-state index in [1.807, 2.05) is 11.8 Å². The number of hydrogen-bond donors (Lipinski definition) is 2. The highest BCUT2D eigenvalue weighted by molar-refractivity contribution is 7.99. The molecular weight excluding hydrogens is 326 g/mol. The molecule has 22 heavy (non-hydrogen) atoms. The van der Waals surface area contributed by atoms with Crippen molar-refractivity contribution in [2.75, 3.05) is 30.4 Å². The van der Waals surface area contributed by atoms with Crippen molar-refractivity contribution in [3.8, 4) is 0 Å². The van der Waals surface area contributed by atoms with E-state index in [4.69, 9.17) is 0 Å². The highest BCUT2D eigenvalue weighted by atomic mass is 32.2. The summed E-state index contributed by atoms with van der Waals surface area (Å²) in [7, 11) is -2.67. The van der Waals surface area contributed by atoms with Crippen molar-refractivity contribution in [1.82, 2.24) is 4.72 Å². The van der Waals surface area contributed by atoms with E-state index in [-0.39, 0.29) is 10.6 Å². The van der Waals surface area contributed by atoms with E-state index in [1.165, 1.54) is 19.2 Å². The third kappa shape index (κ3) is 3.90. The number of nitrogens with one attached hydrogen (secondary N) is 2. The minimum absolute atomic E-state index is 0.279. The smallest absolute Gasteiger partial charge is 0.291 e. The topological polar surface area (TPSA) is 101 Å². The molecule has 0 aliphatic carbocycles. The molecule has 1 fully saturated rings. The van der Waals surface area contributed by atoms with Gasteiger partial charge < -0.3 is 5.32 Å². The summed E-state index contributed by atoms with van der Waals surface area (Å²) >= 11 is 1.91. The van der Waals surface area contributed by atoms with Crippen molar-refractivity contribution in [2.45, 2.75) is 17.7 Å². The Hall–Kier alpha value is -1.32. The quantitative estimate of drug-likeness (QED) is 0.604. The van der Waals surface area contributed by atoms with Crippen LogP contribution < -0.4 is 10.0 Å². The largest absolute Gasteiger partial charge is 0.383 e. The predicted molar refractivity (Wildman–Crippen MR) is 87.9 cm³/mol. The lowest BCUT2D eigenvalue weighted by atomic mass is 10.0. The fraction of sp³-hybridized carbons (Fsp3) is 0.538. The first-order valence-corrected chi connectivity index (χ1v) is 9.62. The molecule has 1 aliphatic heterocycles. The maximum atomic E-state index is 12.1. The molecule has 122 valence electrons. The number of thioether (sulfide) groups is 1. The van der Waals surface area contributed by atoms with Gasteiger partial charge in [-0.2, -0.15) is 11.8 Å². The van der Waals surface area contributed by atoms with Crippen LogP contribution in [-0.2, 0) is 10.0 Å². The summed E-state index contributed by atoms with van der Waals surface area (Å²) in [5.41, 5.74) is -0.139. The lowest BCUT2D eigenvalue weighted by molar-refractivity contribution is -0.387. The summed E-state index contributed by atoms with van der Waals surface area (Å²) in [5.74, 6) is 2.66. The first kappa shape index (κ1) is 17.0. The van der Waals surface area contributed by atoms with Gasteiger partial charge in [0.05, 0.1) is 10.6 Å². The highest BCUT2D eigenvalue weighted by Gasteiger charge is 2.28. The zero-order valence-electron chi connectivity index (χ0n) is 12.2. The van der Waals surface area contributed by atoms with Crippen LogP contribution in [0.15, 0.2) is 23.1 Å². The van der Waals surface area contributed by atoms with Gasteiger partial charge in [-0.25, -0.2) is 13.1 Å². The van der Waals surface area contributed by atoms with Gasteiger partial charge in [0.2, 0.25) is 10.0 Å². The van der Waals surface area contributed by atoms with Crippen LogP contribution in [0.3, 0.4) is 0 Å². The zero-order chi connectivity index (χ0) is 16.2. The van der Waals surface area contributed by atoms with Crippen LogP contribution in [0.2, 0.25) is 0 Å². The highest BCUT2D eigenvalue weighted by Crippen LogP contribution is 2.32. The fourth-order valence-corrected chi connectivity index (χ4v) is 4.65. The number of sulfonamides is 1. The first-order valence-electron chi connectivity index (χ1n) is 6.98. The summed E-state index contributed by atoms with van der Waals surface area (Å²) in [6.45, 7) is 0.619. The maximum Gasteiger partial charge on any atom is 0.291 e. The molecule has 0 aromatic heterocycles. The molecule has 0 unspecified atom stereocenters. The van der Waals surface area contributed by atoms with Crippen molar-refractivity contribution in [3.63, 3.8) is 0 Å². The normalized spacial score (nSPS) is 16.4. The molecule has 1 aliphatic rings.